The standard InChI is InChI=1S/C29H39FN4O2/c1-22-26(21-33(3)31-22)20-32(2)29(18-23-4-8-27(30)9-5-23)25-12-14-34(15-13-25)19-24-6-10-28(11-7-24)36-17-16-35/h4-11,21,25,29,35H,12-20H2,1-3H3/t29-/m1/s1. The van der Waals surface area contributed by atoms with Gasteiger partial charge in [0.25, 0.3) is 0 Å². The largest absolute Gasteiger partial charge is 0.491 e. The first-order valence-electron chi connectivity index (χ1n) is 12.9. The van der Waals surface area contributed by atoms with Gasteiger partial charge in [-0.3, -0.25) is 14.5 Å². The fourth-order valence-corrected chi connectivity index (χ4v) is 5.34. The smallest absolute Gasteiger partial charge is 0.123 e. The number of ether oxygens (including phenoxy) is 1. The molecule has 4 rings (SSSR count). The van der Waals surface area contributed by atoms with E-state index in [2.05, 4.69) is 47.2 Å². The maximum absolute atomic E-state index is 13.5. The Bertz CT molecular complexity index is 1080. The number of nitrogens with zero attached hydrogens (tertiary/aromatic N) is 4. The van der Waals surface area contributed by atoms with Crippen molar-refractivity contribution in [2.45, 2.75) is 45.3 Å². The van der Waals surface area contributed by atoms with Gasteiger partial charge >= 0.3 is 0 Å². The Morgan fingerprint density at radius 2 is 1.75 bits per heavy atom. The number of hydrogen-bond acceptors (Lipinski definition) is 5. The Balaban J connectivity index is 1.39. The zero-order valence-corrected chi connectivity index (χ0v) is 21.7. The van der Waals surface area contributed by atoms with Crippen LogP contribution in [0, 0.1) is 18.7 Å². The normalized spacial score (nSPS) is 15.9. The summed E-state index contributed by atoms with van der Waals surface area (Å²) in [6, 6.07) is 15.5. The summed E-state index contributed by atoms with van der Waals surface area (Å²) < 4.78 is 20.9. The lowest BCUT2D eigenvalue weighted by Crippen LogP contribution is -2.45. The molecule has 0 radical (unpaired) electrons. The van der Waals surface area contributed by atoms with Crippen molar-refractivity contribution in [2.24, 2.45) is 13.0 Å². The highest BCUT2D eigenvalue weighted by Crippen LogP contribution is 2.28. The van der Waals surface area contributed by atoms with E-state index in [0.29, 0.717) is 18.6 Å². The van der Waals surface area contributed by atoms with Gasteiger partial charge in [-0.15, -0.1) is 0 Å². The average molecular weight is 495 g/mol. The maximum atomic E-state index is 13.5. The summed E-state index contributed by atoms with van der Waals surface area (Å²) in [5, 5.41) is 13.4. The molecule has 0 bridgehead atoms. The van der Waals surface area contributed by atoms with Gasteiger partial charge in [-0.05, 0) is 87.6 Å². The molecule has 1 aromatic heterocycles. The Hall–Kier alpha value is -2.74. The number of aryl methyl sites for hydroxylation is 2. The summed E-state index contributed by atoms with van der Waals surface area (Å²) in [6.45, 7) is 6.33. The second-order valence-electron chi connectivity index (χ2n) is 10.1. The van der Waals surface area contributed by atoms with Crippen LogP contribution in [0.4, 0.5) is 4.39 Å². The average Bonchev–Trinajstić information content (AvgIpc) is 3.20. The SMILES string of the molecule is Cc1nn(C)cc1CN(C)[C@H](Cc1ccc(F)cc1)C1CCN(Cc2ccc(OCCO)cc2)CC1. The van der Waals surface area contributed by atoms with Crippen LogP contribution in [0.25, 0.3) is 0 Å². The van der Waals surface area contributed by atoms with Gasteiger partial charge in [-0.2, -0.15) is 5.10 Å². The third-order valence-electron chi connectivity index (χ3n) is 7.33. The van der Waals surface area contributed by atoms with Crippen LogP contribution in [0.3, 0.4) is 0 Å². The number of aromatic nitrogens is 2. The fraction of sp³-hybridized carbons (Fsp3) is 0.483. The minimum Gasteiger partial charge on any atom is -0.491 e. The first kappa shape index (κ1) is 26.3. The van der Waals surface area contributed by atoms with Gasteiger partial charge in [0.05, 0.1) is 12.3 Å². The molecule has 1 atom stereocenters. The molecule has 0 spiro atoms. The van der Waals surface area contributed by atoms with E-state index in [1.807, 2.05) is 36.0 Å². The molecule has 1 N–H and O–H groups in total. The van der Waals surface area contributed by atoms with Crippen molar-refractivity contribution in [1.29, 1.82) is 0 Å². The molecule has 36 heavy (non-hydrogen) atoms. The molecule has 0 aliphatic carbocycles. The molecule has 0 unspecified atom stereocenters. The summed E-state index contributed by atoms with van der Waals surface area (Å²) in [7, 11) is 4.19. The Morgan fingerprint density at radius 3 is 2.36 bits per heavy atom. The van der Waals surface area contributed by atoms with E-state index in [-0.39, 0.29) is 12.4 Å². The molecule has 1 saturated heterocycles. The van der Waals surface area contributed by atoms with E-state index < -0.39 is 0 Å². The lowest BCUT2D eigenvalue weighted by atomic mass is 9.84. The van der Waals surface area contributed by atoms with Crippen molar-refractivity contribution in [3.05, 3.63) is 82.9 Å². The molecule has 0 saturated carbocycles. The van der Waals surface area contributed by atoms with Gasteiger partial charge in [0.1, 0.15) is 18.2 Å². The van der Waals surface area contributed by atoms with Gasteiger partial charge in [0.15, 0.2) is 0 Å². The van der Waals surface area contributed by atoms with Crippen molar-refractivity contribution < 1.29 is 14.2 Å². The molecule has 7 heteroatoms. The number of aliphatic hydroxyl groups excluding tert-OH is 1. The van der Waals surface area contributed by atoms with Crippen molar-refractivity contribution in [1.82, 2.24) is 19.6 Å². The van der Waals surface area contributed by atoms with Crippen LogP contribution in [0.2, 0.25) is 0 Å². The van der Waals surface area contributed by atoms with E-state index in [1.165, 1.54) is 16.7 Å². The molecule has 1 aliphatic rings. The molecule has 2 heterocycles. The van der Waals surface area contributed by atoms with Gasteiger partial charge < -0.3 is 9.84 Å². The Kier molecular flexibility index (Phi) is 9.13. The minimum atomic E-state index is -0.184. The van der Waals surface area contributed by atoms with E-state index in [0.717, 1.165) is 56.9 Å². The van der Waals surface area contributed by atoms with Gasteiger partial charge in [0, 0.05) is 37.9 Å². The van der Waals surface area contributed by atoms with E-state index >= 15 is 0 Å². The monoisotopic (exact) mass is 494 g/mol. The van der Waals surface area contributed by atoms with Crippen LogP contribution in [0.15, 0.2) is 54.7 Å². The third-order valence-corrected chi connectivity index (χ3v) is 7.33. The van der Waals surface area contributed by atoms with E-state index in [1.54, 1.807) is 12.1 Å². The summed E-state index contributed by atoms with van der Waals surface area (Å²) in [4.78, 5) is 5.00. The number of aliphatic hydroxyl groups is 1. The highest BCUT2D eigenvalue weighted by atomic mass is 19.1. The molecule has 6 nitrogen and oxygen atoms in total. The number of likely N-dealkylation sites (tertiary alicyclic amines) is 1. The summed E-state index contributed by atoms with van der Waals surface area (Å²) in [5.74, 6) is 1.18. The predicted molar refractivity (Wildman–Crippen MR) is 140 cm³/mol. The van der Waals surface area contributed by atoms with Gasteiger partial charge in [-0.25, -0.2) is 4.39 Å². The van der Waals surface area contributed by atoms with Crippen LogP contribution >= 0.6 is 0 Å². The topological polar surface area (TPSA) is 53.8 Å². The van der Waals surface area contributed by atoms with Gasteiger partial charge in [-0.1, -0.05) is 24.3 Å². The molecule has 0 amide bonds. The van der Waals surface area contributed by atoms with Crippen molar-refractivity contribution in [2.75, 3.05) is 33.4 Å². The molecular formula is C29H39FN4O2. The van der Waals surface area contributed by atoms with Crippen LogP contribution in [-0.4, -0.2) is 64.1 Å². The Labute approximate surface area is 214 Å². The summed E-state index contributed by atoms with van der Waals surface area (Å²) in [6.07, 6.45) is 5.30. The molecule has 1 fully saturated rings. The first-order valence-corrected chi connectivity index (χ1v) is 12.9. The fourth-order valence-electron chi connectivity index (χ4n) is 5.34. The first-order chi connectivity index (χ1) is 17.4. The number of piperidine rings is 1. The number of halogens is 1. The number of benzene rings is 2. The lowest BCUT2D eigenvalue weighted by Gasteiger charge is -2.40. The van der Waals surface area contributed by atoms with Crippen molar-refractivity contribution >= 4 is 0 Å². The molecule has 1 aliphatic heterocycles. The van der Waals surface area contributed by atoms with Crippen LogP contribution in [0.5, 0.6) is 5.75 Å². The van der Waals surface area contributed by atoms with Crippen molar-refractivity contribution in [3.8, 4) is 5.75 Å². The minimum absolute atomic E-state index is 0.0237. The highest BCUT2D eigenvalue weighted by Gasteiger charge is 2.30. The van der Waals surface area contributed by atoms with E-state index in [9.17, 15) is 4.39 Å². The lowest BCUT2D eigenvalue weighted by molar-refractivity contribution is 0.0953. The van der Waals surface area contributed by atoms with Crippen LogP contribution in [-0.2, 0) is 26.6 Å². The molecule has 3 aromatic rings. The second-order valence-corrected chi connectivity index (χ2v) is 10.1. The zero-order chi connectivity index (χ0) is 25.5. The highest BCUT2D eigenvalue weighted by molar-refractivity contribution is 5.27. The quantitative estimate of drug-likeness (QED) is 0.433. The maximum Gasteiger partial charge on any atom is 0.123 e. The molecule has 194 valence electrons. The van der Waals surface area contributed by atoms with Crippen LogP contribution < -0.4 is 4.74 Å². The van der Waals surface area contributed by atoms with Crippen molar-refractivity contribution in [3.63, 3.8) is 0 Å². The van der Waals surface area contributed by atoms with Gasteiger partial charge in [0.2, 0.25) is 0 Å². The Morgan fingerprint density at radius 1 is 1.08 bits per heavy atom. The zero-order valence-electron chi connectivity index (χ0n) is 21.7. The molecule has 2 aromatic carbocycles. The summed E-state index contributed by atoms with van der Waals surface area (Å²) >= 11 is 0. The van der Waals surface area contributed by atoms with E-state index in [4.69, 9.17) is 9.84 Å². The molecular weight excluding hydrogens is 455 g/mol. The predicted octanol–water partition coefficient (Wildman–Crippen LogP) is 4.19. The second kappa shape index (κ2) is 12.5. The number of hydrogen-bond donors (Lipinski definition) is 1. The third kappa shape index (κ3) is 7.15. The number of likely N-dealkylation sites (N-methyl/N-ethyl adjacent to an activating group) is 1. The van der Waals surface area contributed by atoms with Crippen LogP contribution in [0.1, 0.15) is 35.2 Å². The number of rotatable bonds is 11. The summed E-state index contributed by atoms with van der Waals surface area (Å²) in [5.41, 5.74) is 4.79.